The first kappa shape index (κ1) is 18.0. The van der Waals surface area contributed by atoms with Gasteiger partial charge in [-0.2, -0.15) is 0 Å². The molecule has 0 aliphatic heterocycles. The molecule has 0 N–H and O–H groups in total. The SMILES string of the molecule is Cc1cc2c(c3c1CCC=C3)CC(n1c3ccccc3c3ccccc31)c1ccccc1-2. The van der Waals surface area contributed by atoms with Crippen molar-refractivity contribution in [2.24, 2.45) is 0 Å². The first-order valence-corrected chi connectivity index (χ1v) is 11.7. The highest BCUT2D eigenvalue weighted by molar-refractivity contribution is 6.08. The predicted molar refractivity (Wildman–Crippen MR) is 135 cm³/mol. The zero-order chi connectivity index (χ0) is 21.2. The summed E-state index contributed by atoms with van der Waals surface area (Å²) in [5.41, 5.74) is 12.9. The minimum absolute atomic E-state index is 0.283. The Balaban J connectivity index is 1.57. The van der Waals surface area contributed by atoms with Crippen molar-refractivity contribution in [3.05, 3.63) is 113 Å². The molecule has 2 aliphatic rings. The Hall–Kier alpha value is -3.58. The molecule has 4 aromatic carbocycles. The fourth-order valence-corrected chi connectivity index (χ4v) is 6.21. The molecule has 1 unspecified atom stereocenters. The second-order valence-electron chi connectivity index (χ2n) is 9.26. The number of nitrogens with zero attached hydrogens (tertiary/aromatic N) is 1. The topological polar surface area (TPSA) is 4.93 Å². The van der Waals surface area contributed by atoms with E-state index in [9.17, 15) is 0 Å². The summed E-state index contributed by atoms with van der Waals surface area (Å²) in [5.74, 6) is 0. The number of hydrogen-bond acceptors (Lipinski definition) is 0. The highest BCUT2D eigenvalue weighted by atomic mass is 15.0. The smallest absolute Gasteiger partial charge is 0.0638 e. The van der Waals surface area contributed by atoms with Gasteiger partial charge in [-0.25, -0.2) is 0 Å². The zero-order valence-corrected chi connectivity index (χ0v) is 18.3. The van der Waals surface area contributed by atoms with Crippen LogP contribution in [0.4, 0.5) is 0 Å². The Kier molecular flexibility index (Phi) is 3.78. The Labute approximate surface area is 188 Å². The minimum Gasteiger partial charge on any atom is -0.332 e. The molecule has 0 spiro atoms. The van der Waals surface area contributed by atoms with Gasteiger partial charge in [-0.15, -0.1) is 0 Å². The zero-order valence-electron chi connectivity index (χ0n) is 18.3. The van der Waals surface area contributed by atoms with Crippen molar-refractivity contribution in [2.45, 2.75) is 32.2 Å². The van der Waals surface area contributed by atoms with Gasteiger partial charge in [0.1, 0.15) is 0 Å². The van der Waals surface area contributed by atoms with Crippen molar-refractivity contribution in [3.63, 3.8) is 0 Å². The second kappa shape index (κ2) is 6.71. The molecule has 1 aromatic heterocycles. The van der Waals surface area contributed by atoms with Crippen LogP contribution in [0, 0.1) is 6.92 Å². The van der Waals surface area contributed by atoms with Gasteiger partial charge >= 0.3 is 0 Å². The lowest BCUT2D eigenvalue weighted by Gasteiger charge is -2.33. The summed E-state index contributed by atoms with van der Waals surface area (Å²) in [5, 5.41) is 2.69. The van der Waals surface area contributed by atoms with E-state index in [0.29, 0.717) is 0 Å². The molecule has 0 saturated heterocycles. The van der Waals surface area contributed by atoms with Crippen molar-refractivity contribution in [1.29, 1.82) is 0 Å². The van der Waals surface area contributed by atoms with Gasteiger partial charge in [0.25, 0.3) is 0 Å². The van der Waals surface area contributed by atoms with Crippen LogP contribution in [-0.4, -0.2) is 4.57 Å². The maximum absolute atomic E-state index is 2.60. The van der Waals surface area contributed by atoms with Gasteiger partial charge in [-0.3, -0.25) is 0 Å². The lowest BCUT2D eigenvalue weighted by atomic mass is 9.76. The third kappa shape index (κ3) is 2.40. The van der Waals surface area contributed by atoms with Crippen LogP contribution in [0.5, 0.6) is 0 Å². The standard InChI is InChI=1S/C31H25N/c1-20-18-27-23-12-4-5-13-24(23)31(19-28(27)22-11-3-2-10-21(20)22)32-29-16-8-6-14-25(29)26-15-7-9-17-30(26)32/h3-9,11-18,31H,2,10,19H2,1H3. The van der Waals surface area contributed by atoms with Crippen molar-refractivity contribution in [2.75, 3.05) is 0 Å². The molecule has 1 atom stereocenters. The lowest BCUT2D eigenvalue weighted by molar-refractivity contribution is 0.611. The van der Waals surface area contributed by atoms with E-state index in [1.165, 1.54) is 55.2 Å². The number of fused-ring (bicyclic) bond motifs is 8. The Morgan fingerprint density at radius 1 is 0.750 bits per heavy atom. The fourth-order valence-electron chi connectivity index (χ4n) is 6.21. The number of rotatable bonds is 1. The quantitative estimate of drug-likeness (QED) is 0.264. The van der Waals surface area contributed by atoms with Gasteiger partial charge < -0.3 is 4.57 Å². The summed E-state index contributed by atoms with van der Waals surface area (Å²) < 4.78 is 2.60. The number of hydrogen-bond donors (Lipinski definition) is 0. The largest absolute Gasteiger partial charge is 0.332 e. The van der Waals surface area contributed by atoms with Crippen LogP contribution in [0.25, 0.3) is 39.0 Å². The highest BCUT2D eigenvalue weighted by Gasteiger charge is 2.30. The van der Waals surface area contributed by atoms with E-state index < -0.39 is 0 Å². The monoisotopic (exact) mass is 411 g/mol. The Bertz CT molecular complexity index is 1510. The molecule has 1 heteroatoms. The molecule has 1 heterocycles. The van der Waals surface area contributed by atoms with Crippen LogP contribution in [-0.2, 0) is 12.8 Å². The van der Waals surface area contributed by atoms with Crippen LogP contribution < -0.4 is 0 Å². The lowest BCUT2D eigenvalue weighted by Crippen LogP contribution is -2.20. The Morgan fingerprint density at radius 2 is 1.44 bits per heavy atom. The Morgan fingerprint density at radius 3 is 2.22 bits per heavy atom. The summed E-state index contributed by atoms with van der Waals surface area (Å²) in [4.78, 5) is 0. The van der Waals surface area contributed by atoms with Gasteiger partial charge in [-0.1, -0.05) is 78.9 Å². The molecule has 0 amide bonds. The summed E-state index contributed by atoms with van der Waals surface area (Å²) in [6.07, 6.45) is 8.09. The number of aryl methyl sites for hydroxylation is 1. The average molecular weight is 412 g/mol. The van der Waals surface area contributed by atoms with Gasteiger partial charge in [0.2, 0.25) is 0 Å². The predicted octanol–water partition coefficient (Wildman–Crippen LogP) is 7.87. The van der Waals surface area contributed by atoms with E-state index in [-0.39, 0.29) is 6.04 Å². The van der Waals surface area contributed by atoms with Crippen LogP contribution in [0.1, 0.15) is 40.3 Å². The van der Waals surface area contributed by atoms with Crippen molar-refractivity contribution >= 4 is 27.9 Å². The molecule has 32 heavy (non-hydrogen) atoms. The molecule has 5 aromatic rings. The van der Waals surface area contributed by atoms with E-state index in [0.717, 1.165) is 19.3 Å². The third-order valence-corrected chi connectivity index (χ3v) is 7.59. The van der Waals surface area contributed by atoms with Gasteiger partial charge in [0.05, 0.1) is 6.04 Å². The van der Waals surface area contributed by atoms with E-state index in [4.69, 9.17) is 0 Å². The number of benzene rings is 4. The van der Waals surface area contributed by atoms with Gasteiger partial charge in [-0.05, 0) is 77.3 Å². The molecule has 154 valence electrons. The molecular weight excluding hydrogens is 386 g/mol. The molecule has 7 rings (SSSR count). The average Bonchev–Trinajstić information content (AvgIpc) is 3.18. The van der Waals surface area contributed by atoms with Crippen LogP contribution in [0.2, 0.25) is 0 Å². The summed E-state index contributed by atoms with van der Waals surface area (Å²) in [7, 11) is 0. The molecular formula is C31H25N. The van der Waals surface area contributed by atoms with Crippen molar-refractivity contribution < 1.29 is 0 Å². The summed E-state index contributed by atoms with van der Waals surface area (Å²) >= 11 is 0. The first-order chi connectivity index (χ1) is 15.8. The molecule has 0 radical (unpaired) electrons. The maximum Gasteiger partial charge on any atom is 0.0638 e. The van der Waals surface area contributed by atoms with Crippen LogP contribution in [0.15, 0.2) is 84.9 Å². The number of para-hydroxylation sites is 2. The first-order valence-electron chi connectivity index (χ1n) is 11.7. The fraction of sp³-hybridized carbons (Fsp3) is 0.161. The van der Waals surface area contributed by atoms with Crippen LogP contribution in [0.3, 0.4) is 0 Å². The molecule has 0 saturated carbocycles. The van der Waals surface area contributed by atoms with Crippen molar-refractivity contribution in [1.82, 2.24) is 4.57 Å². The molecule has 0 fully saturated rings. The third-order valence-electron chi connectivity index (χ3n) is 7.59. The number of allylic oxidation sites excluding steroid dienone is 1. The highest BCUT2D eigenvalue weighted by Crippen LogP contribution is 2.46. The summed E-state index contributed by atoms with van der Waals surface area (Å²) in [6.45, 7) is 2.29. The minimum atomic E-state index is 0.283. The van der Waals surface area contributed by atoms with Crippen LogP contribution >= 0.6 is 0 Å². The van der Waals surface area contributed by atoms with E-state index in [2.05, 4.69) is 103 Å². The molecule has 2 aliphatic carbocycles. The van der Waals surface area contributed by atoms with Gasteiger partial charge in [0, 0.05) is 21.8 Å². The van der Waals surface area contributed by atoms with E-state index in [1.54, 1.807) is 5.56 Å². The maximum atomic E-state index is 2.60. The van der Waals surface area contributed by atoms with Crippen molar-refractivity contribution in [3.8, 4) is 11.1 Å². The molecule has 0 bridgehead atoms. The summed E-state index contributed by atoms with van der Waals surface area (Å²) in [6, 6.07) is 29.6. The number of aromatic nitrogens is 1. The van der Waals surface area contributed by atoms with E-state index in [1.807, 2.05) is 0 Å². The second-order valence-corrected chi connectivity index (χ2v) is 9.26. The normalized spacial score (nSPS) is 16.7. The molecule has 1 nitrogen and oxygen atoms in total. The van der Waals surface area contributed by atoms with E-state index >= 15 is 0 Å². The van der Waals surface area contributed by atoms with Gasteiger partial charge in [0.15, 0.2) is 0 Å².